The molecule has 1 unspecified atom stereocenters. The number of rotatable bonds is 6. The van der Waals surface area contributed by atoms with Gasteiger partial charge in [0, 0.05) is 5.56 Å². The molecule has 1 aromatic carbocycles. The molecule has 0 radical (unpaired) electrons. The molecule has 0 aliphatic carbocycles. The molecule has 0 heterocycles. The van der Waals surface area contributed by atoms with Crippen LogP contribution in [0.15, 0.2) is 24.3 Å². The smallest absolute Gasteiger partial charge is 0.316 e. The average molecular weight is 250 g/mol. The van der Waals surface area contributed by atoms with E-state index in [2.05, 4.69) is 4.74 Å². The predicted octanol–water partition coefficient (Wildman–Crippen LogP) is 2.47. The van der Waals surface area contributed by atoms with Gasteiger partial charge in [-0.1, -0.05) is 19.1 Å². The summed E-state index contributed by atoms with van der Waals surface area (Å²) in [4.78, 5) is 23.7. The number of esters is 1. The fraction of sp³-hybridized carbons (Fsp3) is 0.429. The molecule has 1 atom stereocenters. The summed E-state index contributed by atoms with van der Waals surface area (Å²) in [5, 5.41) is 0. The van der Waals surface area contributed by atoms with Crippen LogP contribution in [-0.4, -0.2) is 25.5 Å². The third-order valence-corrected chi connectivity index (χ3v) is 2.64. The van der Waals surface area contributed by atoms with E-state index in [1.54, 1.807) is 31.2 Å². The van der Waals surface area contributed by atoms with Crippen molar-refractivity contribution >= 4 is 11.8 Å². The first-order valence-corrected chi connectivity index (χ1v) is 5.98. The van der Waals surface area contributed by atoms with Crippen LogP contribution in [0.4, 0.5) is 0 Å². The SMILES string of the molecule is CCOc1cccc(C(=O)C(CC)C(=O)OC)c1. The summed E-state index contributed by atoms with van der Waals surface area (Å²) >= 11 is 0. The van der Waals surface area contributed by atoms with Gasteiger partial charge in [-0.3, -0.25) is 9.59 Å². The van der Waals surface area contributed by atoms with E-state index < -0.39 is 11.9 Å². The molecular formula is C14H18O4. The van der Waals surface area contributed by atoms with Gasteiger partial charge in [0.25, 0.3) is 0 Å². The van der Waals surface area contributed by atoms with Crippen molar-refractivity contribution < 1.29 is 19.1 Å². The first-order valence-electron chi connectivity index (χ1n) is 5.98. The molecule has 0 fully saturated rings. The zero-order valence-electron chi connectivity index (χ0n) is 10.9. The van der Waals surface area contributed by atoms with Crippen LogP contribution in [0.1, 0.15) is 30.6 Å². The third kappa shape index (κ3) is 3.32. The monoisotopic (exact) mass is 250 g/mol. The lowest BCUT2D eigenvalue weighted by Crippen LogP contribution is -2.24. The van der Waals surface area contributed by atoms with Crippen molar-refractivity contribution in [3.05, 3.63) is 29.8 Å². The normalized spacial score (nSPS) is 11.7. The van der Waals surface area contributed by atoms with Gasteiger partial charge in [0.15, 0.2) is 5.78 Å². The van der Waals surface area contributed by atoms with E-state index in [1.165, 1.54) is 7.11 Å². The molecule has 0 saturated heterocycles. The molecule has 0 N–H and O–H groups in total. The van der Waals surface area contributed by atoms with E-state index >= 15 is 0 Å². The number of benzene rings is 1. The lowest BCUT2D eigenvalue weighted by molar-refractivity contribution is -0.143. The molecule has 0 aliphatic heterocycles. The molecule has 18 heavy (non-hydrogen) atoms. The minimum atomic E-state index is -0.744. The van der Waals surface area contributed by atoms with E-state index in [0.717, 1.165) is 0 Å². The average Bonchev–Trinajstić information content (AvgIpc) is 2.40. The Hall–Kier alpha value is -1.84. The number of hydrogen-bond acceptors (Lipinski definition) is 4. The molecule has 4 heteroatoms. The highest BCUT2D eigenvalue weighted by atomic mass is 16.5. The fourth-order valence-corrected chi connectivity index (χ4v) is 1.71. The maximum Gasteiger partial charge on any atom is 0.316 e. The Morgan fingerprint density at radius 3 is 2.56 bits per heavy atom. The number of ether oxygens (including phenoxy) is 2. The Labute approximate surface area is 107 Å². The predicted molar refractivity (Wildman–Crippen MR) is 67.7 cm³/mol. The molecule has 98 valence electrons. The van der Waals surface area contributed by atoms with Gasteiger partial charge in [-0.05, 0) is 25.5 Å². The largest absolute Gasteiger partial charge is 0.494 e. The van der Waals surface area contributed by atoms with Gasteiger partial charge in [0.05, 0.1) is 13.7 Å². The van der Waals surface area contributed by atoms with E-state index in [1.807, 2.05) is 6.92 Å². The standard InChI is InChI=1S/C14H18O4/c1-4-12(14(16)17-3)13(15)10-7-6-8-11(9-10)18-5-2/h6-9,12H,4-5H2,1-3H3. The highest BCUT2D eigenvalue weighted by Crippen LogP contribution is 2.19. The molecule has 4 nitrogen and oxygen atoms in total. The Kier molecular flexibility index (Phi) is 5.36. The van der Waals surface area contributed by atoms with Crippen LogP contribution in [0.3, 0.4) is 0 Å². The second-order valence-electron chi connectivity index (χ2n) is 3.81. The number of methoxy groups -OCH3 is 1. The topological polar surface area (TPSA) is 52.6 Å². The highest BCUT2D eigenvalue weighted by Gasteiger charge is 2.26. The summed E-state index contributed by atoms with van der Waals surface area (Å²) in [6, 6.07) is 6.84. The van der Waals surface area contributed by atoms with Gasteiger partial charge in [-0.2, -0.15) is 0 Å². The first kappa shape index (κ1) is 14.2. The number of carbonyl (C=O) groups is 2. The molecule has 0 amide bonds. The van der Waals surface area contributed by atoms with Crippen molar-refractivity contribution in [3.63, 3.8) is 0 Å². The van der Waals surface area contributed by atoms with Crippen LogP contribution in [0.25, 0.3) is 0 Å². The minimum absolute atomic E-state index is 0.231. The van der Waals surface area contributed by atoms with Crippen molar-refractivity contribution in [3.8, 4) is 5.75 Å². The summed E-state index contributed by atoms with van der Waals surface area (Å²) in [6.45, 7) is 4.19. The van der Waals surface area contributed by atoms with Crippen LogP contribution in [0.2, 0.25) is 0 Å². The number of ketones is 1. The summed E-state index contributed by atoms with van der Waals surface area (Å²) in [5.74, 6) is -0.842. The van der Waals surface area contributed by atoms with E-state index in [9.17, 15) is 9.59 Å². The first-order chi connectivity index (χ1) is 8.63. The minimum Gasteiger partial charge on any atom is -0.494 e. The van der Waals surface area contributed by atoms with Crippen LogP contribution in [0.5, 0.6) is 5.75 Å². The second-order valence-corrected chi connectivity index (χ2v) is 3.81. The Morgan fingerprint density at radius 2 is 2.00 bits per heavy atom. The van der Waals surface area contributed by atoms with Gasteiger partial charge in [0.2, 0.25) is 0 Å². The summed E-state index contributed by atoms with van der Waals surface area (Å²) in [6.07, 6.45) is 0.421. The van der Waals surface area contributed by atoms with Crippen molar-refractivity contribution in [2.24, 2.45) is 5.92 Å². The Balaban J connectivity index is 2.94. The van der Waals surface area contributed by atoms with Crippen LogP contribution in [0, 0.1) is 5.92 Å². The molecule has 0 bridgehead atoms. The van der Waals surface area contributed by atoms with Crippen LogP contribution in [-0.2, 0) is 9.53 Å². The quantitative estimate of drug-likeness (QED) is 0.442. The number of carbonyl (C=O) groups excluding carboxylic acids is 2. The molecular weight excluding hydrogens is 232 g/mol. The third-order valence-electron chi connectivity index (χ3n) is 2.64. The van der Waals surface area contributed by atoms with Gasteiger partial charge in [-0.25, -0.2) is 0 Å². The summed E-state index contributed by atoms with van der Waals surface area (Å²) in [7, 11) is 1.29. The van der Waals surface area contributed by atoms with Gasteiger partial charge < -0.3 is 9.47 Å². The van der Waals surface area contributed by atoms with E-state index in [-0.39, 0.29) is 5.78 Å². The highest BCUT2D eigenvalue weighted by molar-refractivity contribution is 6.08. The van der Waals surface area contributed by atoms with Crippen molar-refractivity contribution in [1.29, 1.82) is 0 Å². The summed E-state index contributed by atoms with van der Waals surface area (Å²) < 4.78 is 9.96. The summed E-state index contributed by atoms with van der Waals surface area (Å²) in [5.41, 5.74) is 0.471. The maximum absolute atomic E-state index is 12.2. The fourth-order valence-electron chi connectivity index (χ4n) is 1.71. The van der Waals surface area contributed by atoms with Gasteiger partial charge >= 0.3 is 5.97 Å². The molecule has 0 aliphatic rings. The Morgan fingerprint density at radius 1 is 1.28 bits per heavy atom. The van der Waals surface area contributed by atoms with E-state index in [4.69, 9.17) is 4.74 Å². The zero-order chi connectivity index (χ0) is 13.5. The van der Waals surface area contributed by atoms with Crippen molar-refractivity contribution in [2.75, 3.05) is 13.7 Å². The van der Waals surface area contributed by atoms with Gasteiger partial charge in [0.1, 0.15) is 11.7 Å². The van der Waals surface area contributed by atoms with Gasteiger partial charge in [-0.15, -0.1) is 0 Å². The molecule has 0 aromatic heterocycles. The second kappa shape index (κ2) is 6.79. The molecule has 0 saturated carbocycles. The maximum atomic E-state index is 12.2. The van der Waals surface area contributed by atoms with Crippen LogP contribution >= 0.6 is 0 Å². The number of Topliss-reactive ketones (excluding diaryl/α,β-unsaturated/α-hetero) is 1. The molecule has 1 rings (SSSR count). The molecule has 0 spiro atoms. The molecule has 1 aromatic rings. The lowest BCUT2D eigenvalue weighted by atomic mass is 9.95. The zero-order valence-corrected chi connectivity index (χ0v) is 10.9. The van der Waals surface area contributed by atoms with E-state index in [0.29, 0.717) is 24.3 Å². The van der Waals surface area contributed by atoms with Crippen LogP contribution < -0.4 is 4.74 Å². The van der Waals surface area contributed by atoms with Crippen molar-refractivity contribution in [2.45, 2.75) is 20.3 Å². The lowest BCUT2D eigenvalue weighted by Gasteiger charge is -2.12. The number of hydrogen-bond donors (Lipinski definition) is 0. The Bertz CT molecular complexity index is 426. The van der Waals surface area contributed by atoms with Crippen molar-refractivity contribution in [1.82, 2.24) is 0 Å².